The van der Waals surface area contributed by atoms with Crippen molar-refractivity contribution in [3.63, 3.8) is 0 Å². The number of methoxy groups -OCH3 is 1. The molecule has 35 heavy (non-hydrogen) atoms. The van der Waals surface area contributed by atoms with E-state index >= 15 is 0 Å². The van der Waals surface area contributed by atoms with Crippen LogP contribution < -0.4 is 0 Å². The highest BCUT2D eigenvalue weighted by molar-refractivity contribution is 6.09. The maximum atomic E-state index is 13.8. The van der Waals surface area contributed by atoms with E-state index in [1.807, 2.05) is 44.2 Å². The second kappa shape index (κ2) is 6.47. The molecular formula is C26H24N2O7. The summed E-state index contributed by atoms with van der Waals surface area (Å²) in [4.78, 5) is 43.3. The van der Waals surface area contributed by atoms with E-state index in [1.165, 1.54) is 7.11 Å². The summed E-state index contributed by atoms with van der Waals surface area (Å²) in [6, 6.07) is 8.22. The third kappa shape index (κ3) is 2.10. The summed E-state index contributed by atoms with van der Waals surface area (Å²) < 4.78 is 21.7. The van der Waals surface area contributed by atoms with Gasteiger partial charge in [-0.2, -0.15) is 0 Å². The first-order valence-corrected chi connectivity index (χ1v) is 11.8. The molecule has 9 nitrogen and oxygen atoms in total. The molecule has 1 unspecified atom stereocenters. The van der Waals surface area contributed by atoms with Gasteiger partial charge in [0, 0.05) is 22.8 Å². The summed E-state index contributed by atoms with van der Waals surface area (Å²) in [5.74, 6) is -1.06. The fourth-order valence-electron chi connectivity index (χ4n) is 7.13. The maximum Gasteiger partial charge on any atom is 0.412 e. The van der Waals surface area contributed by atoms with Crippen LogP contribution in [0, 0.1) is 17.3 Å². The SMILES string of the molecule is COC(=O)[C@@H](C(C)C)N1C(=O)[C@@]23C(c4ccoc4)[C@H]2[C@]13N1C(=O)OC[C@@H]1c1cccc2ccoc12. The molecule has 3 aromatic rings. The van der Waals surface area contributed by atoms with Crippen LogP contribution in [0.3, 0.4) is 0 Å². The number of rotatable bonds is 6. The average molecular weight is 476 g/mol. The molecule has 1 aromatic carbocycles. The highest BCUT2D eigenvalue weighted by Crippen LogP contribution is 2.98. The zero-order valence-corrected chi connectivity index (χ0v) is 19.5. The van der Waals surface area contributed by atoms with Crippen molar-refractivity contribution in [1.82, 2.24) is 9.80 Å². The summed E-state index contributed by atoms with van der Waals surface area (Å²) in [5.41, 5.74) is 0.679. The molecule has 180 valence electrons. The van der Waals surface area contributed by atoms with E-state index in [1.54, 1.807) is 28.6 Å². The number of likely N-dealkylation sites (tertiary alicyclic amines) is 1. The molecule has 2 aliphatic carbocycles. The molecule has 6 atom stereocenters. The molecule has 4 fully saturated rings. The van der Waals surface area contributed by atoms with Crippen LogP contribution in [0.15, 0.2) is 58.0 Å². The van der Waals surface area contributed by atoms with Crippen LogP contribution in [-0.2, 0) is 19.1 Å². The van der Waals surface area contributed by atoms with Crippen LogP contribution in [0.25, 0.3) is 11.0 Å². The molecule has 2 saturated heterocycles. The van der Waals surface area contributed by atoms with E-state index in [9.17, 15) is 14.4 Å². The van der Waals surface area contributed by atoms with E-state index < -0.39 is 35.2 Å². The summed E-state index contributed by atoms with van der Waals surface area (Å²) in [5, 5.41) is 0.919. The Morgan fingerprint density at radius 3 is 2.69 bits per heavy atom. The van der Waals surface area contributed by atoms with Gasteiger partial charge >= 0.3 is 12.1 Å². The van der Waals surface area contributed by atoms with Crippen LogP contribution in [0.1, 0.15) is 36.9 Å². The number of β-lactam (4-membered cyclic amide) rings is 1. The van der Waals surface area contributed by atoms with Gasteiger partial charge in [-0.3, -0.25) is 9.69 Å². The fraction of sp³-hybridized carbons (Fsp3) is 0.423. The highest BCUT2D eigenvalue weighted by atomic mass is 16.6. The van der Waals surface area contributed by atoms with Gasteiger partial charge in [0.2, 0.25) is 5.91 Å². The number of carbonyl (C=O) groups excluding carboxylic acids is 3. The van der Waals surface area contributed by atoms with E-state index in [4.69, 9.17) is 18.3 Å². The molecule has 0 bridgehead atoms. The van der Waals surface area contributed by atoms with Gasteiger partial charge in [-0.05, 0) is 23.6 Å². The molecule has 4 aliphatic rings. The zero-order chi connectivity index (χ0) is 24.3. The van der Waals surface area contributed by atoms with Gasteiger partial charge in [-0.1, -0.05) is 32.0 Å². The standard InChI is InChI=1S/C26H24N2O7/c1-13(2)19(22(29)32-3)28-23(30)25-18(15-7-9-33-11-15)21(25)26(25,28)27-17(12-35-24(27)31)16-6-4-5-14-8-10-34-20(14)16/h4-11,13,17-19,21H,12H2,1-3H3/t17-,18?,19-,21-,25-,26+/m1/s1. The average Bonchev–Trinajstić information content (AvgIpc) is 3.28. The van der Waals surface area contributed by atoms with Gasteiger partial charge in [0.1, 0.15) is 35.4 Å². The molecule has 0 N–H and O–H groups in total. The lowest BCUT2D eigenvalue weighted by atomic mass is 9.78. The van der Waals surface area contributed by atoms with Gasteiger partial charge in [-0.25, -0.2) is 9.59 Å². The number of fused-ring (bicyclic) bond motifs is 2. The quantitative estimate of drug-likeness (QED) is 0.395. The second-order valence-corrected chi connectivity index (χ2v) is 10.1. The van der Waals surface area contributed by atoms with E-state index in [-0.39, 0.29) is 30.3 Å². The summed E-state index contributed by atoms with van der Waals surface area (Å²) in [6.07, 6.45) is 4.35. The van der Waals surface area contributed by atoms with E-state index in [2.05, 4.69) is 0 Å². The lowest BCUT2D eigenvalue weighted by Crippen LogP contribution is -2.75. The summed E-state index contributed by atoms with van der Waals surface area (Å²) in [7, 11) is 1.32. The number of hydrogen-bond acceptors (Lipinski definition) is 7. The Morgan fingerprint density at radius 1 is 1.17 bits per heavy atom. The molecule has 2 saturated carbocycles. The number of piperidine rings is 1. The molecule has 2 amide bonds. The number of amides is 2. The van der Waals surface area contributed by atoms with Gasteiger partial charge in [0.25, 0.3) is 0 Å². The monoisotopic (exact) mass is 476 g/mol. The number of hydrogen-bond donors (Lipinski definition) is 0. The van der Waals surface area contributed by atoms with Crippen molar-refractivity contribution in [3.8, 4) is 0 Å². The first-order valence-electron chi connectivity index (χ1n) is 11.8. The first kappa shape index (κ1) is 20.6. The van der Waals surface area contributed by atoms with Crippen LogP contribution in [-0.4, -0.2) is 53.2 Å². The predicted molar refractivity (Wildman–Crippen MR) is 120 cm³/mol. The summed E-state index contributed by atoms with van der Waals surface area (Å²) >= 11 is 0. The van der Waals surface area contributed by atoms with E-state index in [0.29, 0.717) is 5.58 Å². The topological polar surface area (TPSA) is 102 Å². The van der Waals surface area contributed by atoms with Crippen molar-refractivity contribution in [1.29, 1.82) is 0 Å². The number of carbonyl (C=O) groups is 3. The minimum atomic E-state index is -0.956. The van der Waals surface area contributed by atoms with Crippen LogP contribution in [0.2, 0.25) is 0 Å². The minimum Gasteiger partial charge on any atom is -0.472 e. The summed E-state index contributed by atoms with van der Waals surface area (Å²) in [6.45, 7) is 3.88. The zero-order valence-electron chi connectivity index (χ0n) is 19.5. The number of ether oxygens (including phenoxy) is 2. The predicted octanol–water partition coefficient (Wildman–Crippen LogP) is 3.67. The minimum absolute atomic E-state index is 0.0658. The number of furan rings is 2. The molecule has 9 heteroatoms. The van der Waals surface area contributed by atoms with Crippen molar-refractivity contribution in [2.24, 2.45) is 17.3 Å². The third-order valence-electron chi connectivity index (χ3n) is 8.47. The molecule has 2 aromatic heterocycles. The van der Waals surface area contributed by atoms with Gasteiger partial charge in [0.05, 0.1) is 25.9 Å². The number of esters is 1. The number of benzene rings is 1. The Labute approximate surface area is 200 Å². The Morgan fingerprint density at radius 2 is 2.00 bits per heavy atom. The molecule has 2 aliphatic heterocycles. The molecule has 1 spiro atoms. The Balaban J connectivity index is 1.37. The van der Waals surface area contributed by atoms with Crippen LogP contribution in [0.4, 0.5) is 4.79 Å². The van der Waals surface area contributed by atoms with Gasteiger partial charge < -0.3 is 23.2 Å². The smallest absolute Gasteiger partial charge is 0.412 e. The maximum absolute atomic E-state index is 13.8. The normalized spacial score (nSPS) is 33.3. The van der Waals surface area contributed by atoms with Crippen LogP contribution >= 0.6 is 0 Å². The van der Waals surface area contributed by atoms with Crippen LogP contribution in [0.5, 0.6) is 0 Å². The fourth-order valence-corrected chi connectivity index (χ4v) is 7.13. The number of para-hydroxylation sites is 1. The molecule has 0 radical (unpaired) electrons. The molecular weight excluding hydrogens is 452 g/mol. The van der Waals surface area contributed by atoms with Crippen molar-refractivity contribution in [2.75, 3.05) is 13.7 Å². The Hall–Kier alpha value is -3.75. The second-order valence-electron chi connectivity index (χ2n) is 10.1. The van der Waals surface area contributed by atoms with Crippen molar-refractivity contribution < 1.29 is 32.7 Å². The largest absolute Gasteiger partial charge is 0.472 e. The highest BCUT2D eigenvalue weighted by Gasteiger charge is 3.11. The number of cyclic esters (lactones) is 1. The third-order valence-corrected chi connectivity index (χ3v) is 8.47. The molecule has 7 rings (SSSR count). The van der Waals surface area contributed by atoms with Crippen molar-refractivity contribution in [3.05, 3.63) is 60.2 Å². The molecule has 4 heterocycles. The van der Waals surface area contributed by atoms with Crippen molar-refractivity contribution in [2.45, 2.75) is 37.5 Å². The van der Waals surface area contributed by atoms with E-state index in [0.717, 1.165) is 16.5 Å². The Bertz CT molecular complexity index is 1390. The Kier molecular flexibility index (Phi) is 3.81. The van der Waals surface area contributed by atoms with Gasteiger partial charge in [-0.15, -0.1) is 0 Å². The lowest BCUT2D eigenvalue weighted by Gasteiger charge is -2.57. The van der Waals surface area contributed by atoms with Gasteiger partial charge in [0.15, 0.2) is 0 Å². The number of nitrogens with zero attached hydrogens (tertiary/aromatic N) is 2. The lowest BCUT2D eigenvalue weighted by molar-refractivity contribution is -0.191. The van der Waals surface area contributed by atoms with Crippen molar-refractivity contribution >= 4 is 28.9 Å². The first-order chi connectivity index (χ1) is 16.9.